The molecule has 1 amide bonds. The van der Waals surface area contributed by atoms with Gasteiger partial charge in [-0.15, -0.1) is 0 Å². The van der Waals surface area contributed by atoms with E-state index in [1.165, 1.54) is 30.5 Å². The van der Waals surface area contributed by atoms with Crippen LogP contribution in [0.15, 0.2) is 64.1 Å². The second-order valence-electron chi connectivity index (χ2n) is 5.03. The van der Waals surface area contributed by atoms with Crippen molar-refractivity contribution in [2.24, 2.45) is 5.10 Å². The molecule has 3 rings (SSSR count). The highest BCUT2D eigenvalue weighted by Gasteiger charge is 2.09. The lowest BCUT2D eigenvalue weighted by atomic mass is 10.2. The summed E-state index contributed by atoms with van der Waals surface area (Å²) in [5.74, 6) is 0.112. The number of amides is 1. The third kappa shape index (κ3) is 4.26. The van der Waals surface area contributed by atoms with E-state index in [-0.39, 0.29) is 0 Å². The Kier molecular flexibility index (Phi) is 5.16. The fourth-order valence-corrected chi connectivity index (χ4v) is 2.58. The van der Waals surface area contributed by atoms with E-state index >= 15 is 0 Å². The summed E-state index contributed by atoms with van der Waals surface area (Å²) in [6, 6.07) is 13.6. The predicted octanol–water partition coefficient (Wildman–Crippen LogP) is 5.16. The molecule has 0 unspecified atom stereocenters. The number of rotatable bonds is 4. The van der Waals surface area contributed by atoms with Gasteiger partial charge in [-0.05, 0) is 54.6 Å². The van der Waals surface area contributed by atoms with Gasteiger partial charge in [-0.2, -0.15) is 5.10 Å². The van der Waals surface area contributed by atoms with Crippen molar-refractivity contribution >= 4 is 35.3 Å². The van der Waals surface area contributed by atoms with Crippen LogP contribution in [0.5, 0.6) is 0 Å². The first-order valence-corrected chi connectivity index (χ1v) is 7.93. The van der Waals surface area contributed by atoms with Crippen molar-refractivity contribution < 1.29 is 13.6 Å². The van der Waals surface area contributed by atoms with E-state index in [9.17, 15) is 9.18 Å². The van der Waals surface area contributed by atoms with Crippen molar-refractivity contribution in [2.75, 3.05) is 0 Å². The Balaban J connectivity index is 1.67. The van der Waals surface area contributed by atoms with Gasteiger partial charge in [0.15, 0.2) is 0 Å². The highest BCUT2D eigenvalue weighted by molar-refractivity contribution is 6.36. The number of hydrogen-bond acceptors (Lipinski definition) is 3. The van der Waals surface area contributed by atoms with Crippen LogP contribution >= 0.6 is 23.2 Å². The van der Waals surface area contributed by atoms with Crippen molar-refractivity contribution in [1.29, 1.82) is 0 Å². The van der Waals surface area contributed by atoms with Gasteiger partial charge in [0.05, 0.1) is 11.2 Å². The van der Waals surface area contributed by atoms with Gasteiger partial charge in [0.1, 0.15) is 17.3 Å². The predicted molar refractivity (Wildman–Crippen MR) is 95.6 cm³/mol. The molecule has 3 aromatic rings. The van der Waals surface area contributed by atoms with Gasteiger partial charge in [-0.1, -0.05) is 23.2 Å². The third-order valence-electron chi connectivity index (χ3n) is 3.29. The zero-order chi connectivity index (χ0) is 17.8. The second kappa shape index (κ2) is 7.51. The van der Waals surface area contributed by atoms with Gasteiger partial charge in [0.2, 0.25) is 0 Å². The van der Waals surface area contributed by atoms with E-state index in [1.807, 2.05) is 0 Å². The van der Waals surface area contributed by atoms with Crippen LogP contribution in [0, 0.1) is 5.82 Å². The maximum absolute atomic E-state index is 12.8. The first-order chi connectivity index (χ1) is 12.0. The van der Waals surface area contributed by atoms with E-state index in [2.05, 4.69) is 10.5 Å². The molecule has 0 atom stereocenters. The van der Waals surface area contributed by atoms with Crippen LogP contribution in [0.25, 0.3) is 11.3 Å². The van der Waals surface area contributed by atoms with Gasteiger partial charge < -0.3 is 4.42 Å². The molecule has 1 aromatic heterocycles. The lowest BCUT2D eigenvalue weighted by Crippen LogP contribution is -2.17. The zero-order valence-electron chi connectivity index (χ0n) is 12.7. The first kappa shape index (κ1) is 17.2. The minimum Gasteiger partial charge on any atom is -0.455 e. The third-order valence-corrected chi connectivity index (χ3v) is 3.84. The highest BCUT2D eigenvalue weighted by atomic mass is 35.5. The first-order valence-electron chi connectivity index (χ1n) is 7.17. The van der Waals surface area contributed by atoms with E-state index in [1.54, 1.807) is 30.3 Å². The normalized spacial score (nSPS) is 11.0. The Hall–Kier alpha value is -2.63. The molecular formula is C18H11Cl2FN2O2. The molecule has 0 fully saturated rings. The number of nitrogens with zero attached hydrogens (tertiary/aromatic N) is 1. The second-order valence-corrected chi connectivity index (χ2v) is 5.88. The maximum Gasteiger partial charge on any atom is 0.271 e. The Labute approximate surface area is 152 Å². The number of furan rings is 1. The molecule has 1 N–H and O–H groups in total. The molecule has 25 heavy (non-hydrogen) atoms. The molecule has 0 saturated heterocycles. The number of halogens is 3. The number of carbonyl (C=O) groups is 1. The molecule has 4 nitrogen and oxygen atoms in total. The molecular weight excluding hydrogens is 366 g/mol. The van der Waals surface area contributed by atoms with Crippen LogP contribution in [-0.2, 0) is 0 Å². The number of benzene rings is 2. The Morgan fingerprint density at radius 2 is 1.84 bits per heavy atom. The van der Waals surface area contributed by atoms with Crippen LogP contribution in [0.2, 0.25) is 10.0 Å². The fraction of sp³-hybridized carbons (Fsp3) is 0. The minimum absolute atomic E-state index is 0.298. The lowest BCUT2D eigenvalue weighted by molar-refractivity contribution is 0.0955. The highest BCUT2D eigenvalue weighted by Crippen LogP contribution is 2.31. The van der Waals surface area contributed by atoms with Crippen molar-refractivity contribution in [3.05, 3.63) is 81.8 Å². The summed E-state index contributed by atoms with van der Waals surface area (Å²) >= 11 is 12.0. The van der Waals surface area contributed by atoms with Crippen molar-refractivity contribution in [3.8, 4) is 11.3 Å². The molecule has 0 spiro atoms. The molecule has 0 radical (unpaired) electrons. The van der Waals surface area contributed by atoms with Crippen molar-refractivity contribution in [2.45, 2.75) is 0 Å². The van der Waals surface area contributed by atoms with Crippen LogP contribution in [0.4, 0.5) is 4.39 Å². The van der Waals surface area contributed by atoms with Crippen molar-refractivity contribution in [1.82, 2.24) is 5.43 Å². The molecule has 0 aliphatic rings. The molecule has 0 aliphatic carbocycles. The van der Waals surface area contributed by atoms with E-state index in [0.717, 1.165) is 0 Å². The molecule has 2 aromatic carbocycles. The summed E-state index contributed by atoms with van der Waals surface area (Å²) in [5, 5.41) is 4.82. The van der Waals surface area contributed by atoms with E-state index in [0.29, 0.717) is 32.7 Å². The van der Waals surface area contributed by atoms with E-state index in [4.69, 9.17) is 27.6 Å². The Bertz CT molecular complexity index is 937. The monoisotopic (exact) mass is 376 g/mol. The van der Waals surface area contributed by atoms with Gasteiger partial charge in [0.25, 0.3) is 5.91 Å². The number of hydrogen-bond donors (Lipinski definition) is 1. The summed E-state index contributed by atoms with van der Waals surface area (Å²) in [4.78, 5) is 11.8. The van der Waals surface area contributed by atoms with Crippen LogP contribution in [0.3, 0.4) is 0 Å². The van der Waals surface area contributed by atoms with Crippen LogP contribution in [0.1, 0.15) is 16.1 Å². The smallest absolute Gasteiger partial charge is 0.271 e. The number of carbonyl (C=O) groups excluding carboxylic acids is 1. The molecule has 0 aliphatic heterocycles. The summed E-state index contributed by atoms with van der Waals surface area (Å²) in [6.45, 7) is 0. The Morgan fingerprint density at radius 3 is 2.56 bits per heavy atom. The lowest BCUT2D eigenvalue weighted by Gasteiger charge is -2.01. The standard InChI is InChI=1S/C18H11Cl2FN2O2/c19-12-3-7-15(16(20)9-12)17-8-6-14(25-17)10-22-23-18(24)11-1-4-13(21)5-2-11/h1-10H,(H,23,24)/b22-10+. The largest absolute Gasteiger partial charge is 0.455 e. The molecule has 126 valence electrons. The summed E-state index contributed by atoms with van der Waals surface area (Å²) < 4.78 is 18.4. The summed E-state index contributed by atoms with van der Waals surface area (Å²) in [7, 11) is 0. The SMILES string of the molecule is O=C(N/N=C/c1ccc(-c2ccc(Cl)cc2Cl)o1)c1ccc(F)cc1. The summed E-state index contributed by atoms with van der Waals surface area (Å²) in [6.07, 6.45) is 1.36. The average molecular weight is 377 g/mol. The zero-order valence-corrected chi connectivity index (χ0v) is 14.2. The molecule has 0 saturated carbocycles. The van der Waals surface area contributed by atoms with Gasteiger partial charge >= 0.3 is 0 Å². The quantitative estimate of drug-likeness (QED) is 0.505. The Morgan fingerprint density at radius 1 is 1.08 bits per heavy atom. The molecule has 1 heterocycles. The van der Waals surface area contributed by atoms with Gasteiger partial charge in [-0.3, -0.25) is 4.79 Å². The number of hydrazone groups is 1. The topological polar surface area (TPSA) is 54.6 Å². The average Bonchev–Trinajstić information content (AvgIpc) is 3.04. The maximum atomic E-state index is 12.8. The van der Waals surface area contributed by atoms with E-state index < -0.39 is 11.7 Å². The summed E-state index contributed by atoms with van der Waals surface area (Å²) in [5.41, 5.74) is 3.33. The molecule has 0 bridgehead atoms. The van der Waals surface area contributed by atoms with Crippen molar-refractivity contribution in [3.63, 3.8) is 0 Å². The van der Waals surface area contributed by atoms with Crippen LogP contribution < -0.4 is 5.43 Å². The fourth-order valence-electron chi connectivity index (χ4n) is 2.08. The van der Waals surface area contributed by atoms with Crippen LogP contribution in [-0.4, -0.2) is 12.1 Å². The number of nitrogens with one attached hydrogen (secondary N) is 1. The molecule has 7 heteroatoms. The van der Waals surface area contributed by atoms with Gasteiger partial charge in [-0.25, -0.2) is 9.82 Å². The van der Waals surface area contributed by atoms with Gasteiger partial charge in [0, 0.05) is 16.1 Å². The minimum atomic E-state index is -0.455.